The molecule has 24 heavy (non-hydrogen) atoms. The Kier molecular flexibility index (Phi) is 4.36. The Morgan fingerprint density at radius 2 is 2.17 bits per heavy atom. The molecule has 0 unspecified atom stereocenters. The monoisotopic (exact) mass is 358 g/mol. The van der Waals surface area contributed by atoms with Crippen molar-refractivity contribution < 1.29 is 4.79 Å². The van der Waals surface area contributed by atoms with E-state index in [1.54, 1.807) is 22.7 Å². The first kappa shape index (κ1) is 15.4. The number of amides is 1. The first-order valence-electron chi connectivity index (χ1n) is 7.97. The Balaban J connectivity index is 1.34. The summed E-state index contributed by atoms with van der Waals surface area (Å²) in [4.78, 5) is 15.6. The lowest BCUT2D eigenvalue weighted by atomic mass is 10.0. The molecule has 1 aliphatic rings. The number of anilines is 1. The molecule has 0 bridgehead atoms. The zero-order chi connectivity index (χ0) is 16.4. The zero-order valence-electron chi connectivity index (χ0n) is 13.1. The predicted octanol–water partition coefficient (Wildman–Crippen LogP) is 3.60. The molecular weight excluding hydrogens is 340 g/mol. The topological polar surface area (TPSA) is 61.0 Å². The summed E-state index contributed by atoms with van der Waals surface area (Å²) >= 11 is 3.25. The number of carbonyl (C=O) groups is 1. The summed E-state index contributed by atoms with van der Waals surface area (Å²) in [6, 6.07) is 8.35. The predicted molar refractivity (Wildman–Crippen MR) is 98.9 cm³/mol. The Labute approximate surface area is 148 Å². The normalized spacial score (nSPS) is 15.6. The van der Waals surface area contributed by atoms with Gasteiger partial charge in [-0.1, -0.05) is 6.07 Å². The van der Waals surface area contributed by atoms with Crippen molar-refractivity contribution in [2.75, 3.05) is 18.0 Å². The van der Waals surface area contributed by atoms with Gasteiger partial charge >= 0.3 is 0 Å². The molecule has 4 heterocycles. The van der Waals surface area contributed by atoms with Crippen molar-refractivity contribution in [3.8, 4) is 10.6 Å². The van der Waals surface area contributed by atoms with E-state index < -0.39 is 0 Å². The highest BCUT2D eigenvalue weighted by Crippen LogP contribution is 2.27. The Bertz CT molecular complexity index is 787. The van der Waals surface area contributed by atoms with Gasteiger partial charge in [0, 0.05) is 36.1 Å². The van der Waals surface area contributed by atoms with Gasteiger partial charge in [-0.15, -0.1) is 11.3 Å². The average Bonchev–Trinajstić information content (AvgIpc) is 3.35. The van der Waals surface area contributed by atoms with E-state index in [9.17, 15) is 4.79 Å². The van der Waals surface area contributed by atoms with Crippen LogP contribution in [0.15, 0.2) is 40.4 Å². The van der Waals surface area contributed by atoms with E-state index in [1.807, 2.05) is 22.9 Å². The van der Waals surface area contributed by atoms with Crippen LogP contribution in [-0.2, 0) is 0 Å². The van der Waals surface area contributed by atoms with Gasteiger partial charge in [0.05, 0.1) is 10.6 Å². The molecule has 3 aromatic heterocycles. The molecule has 0 spiro atoms. The summed E-state index contributed by atoms with van der Waals surface area (Å²) in [5, 5.41) is 16.6. The second kappa shape index (κ2) is 6.78. The molecule has 0 atom stereocenters. The maximum absolute atomic E-state index is 12.1. The third-order valence-electron chi connectivity index (χ3n) is 4.29. The van der Waals surface area contributed by atoms with Crippen molar-refractivity contribution in [1.29, 1.82) is 0 Å². The molecule has 1 aliphatic heterocycles. The van der Waals surface area contributed by atoms with Crippen molar-refractivity contribution in [3.63, 3.8) is 0 Å². The molecule has 3 aromatic rings. The van der Waals surface area contributed by atoms with Gasteiger partial charge in [0.1, 0.15) is 0 Å². The van der Waals surface area contributed by atoms with Gasteiger partial charge in [-0.05, 0) is 35.7 Å². The molecule has 4 rings (SSSR count). The highest BCUT2D eigenvalue weighted by Gasteiger charge is 2.23. The summed E-state index contributed by atoms with van der Waals surface area (Å²) in [6.07, 6.45) is 1.88. The molecule has 0 radical (unpaired) electrons. The lowest BCUT2D eigenvalue weighted by Crippen LogP contribution is -2.44. The largest absolute Gasteiger partial charge is 0.355 e. The summed E-state index contributed by atoms with van der Waals surface area (Å²) in [5.41, 5.74) is 1.82. The molecule has 1 amide bonds. The van der Waals surface area contributed by atoms with Crippen molar-refractivity contribution in [3.05, 3.63) is 46.0 Å². The highest BCUT2D eigenvalue weighted by molar-refractivity contribution is 7.13. The van der Waals surface area contributed by atoms with Crippen LogP contribution in [0.25, 0.3) is 10.6 Å². The lowest BCUT2D eigenvalue weighted by Gasteiger charge is -2.32. The SMILES string of the molecule is O=C(NC1CCN(c2cc(-c3cccs3)[nH]n2)CC1)c1ccsc1. The van der Waals surface area contributed by atoms with Crippen LogP contribution >= 0.6 is 22.7 Å². The number of hydrogen-bond donors (Lipinski definition) is 2. The second-order valence-corrected chi connectivity index (χ2v) is 7.59. The van der Waals surface area contributed by atoms with Gasteiger partial charge in [-0.2, -0.15) is 16.4 Å². The van der Waals surface area contributed by atoms with Crippen LogP contribution in [0.3, 0.4) is 0 Å². The summed E-state index contributed by atoms with van der Waals surface area (Å²) < 4.78 is 0. The zero-order valence-corrected chi connectivity index (χ0v) is 14.7. The van der Waals surface area contributed by atoms with Crippen LogP contribution in [0.5, 0.6) is 0 Å². The Morgan fingerprint density at radius 1 is 1.29 bits per heavy atom. The highest BCUT2D eigenvalue weighted by atomic mass is 32.1. The van der Waals surface area contributed by atoms with E-state index in [2.05, 4.69) is 37.9 Å². The van der Waals surface area contributed by atoms with E-state index in [0.717, 1.165) is 43.0 Å². The summed E-state index contributed by atoms with van der Waals surface area (Å²) in [6.45, 7) is 1.81. The van der Waals surface area contributed by atoms with Crippen molar-refractivity contribution in [1.82, 2.24) is 15.5 Å². The minimum Gasteiger partial charge on any atom is -0.355 e. The van der Waals surface area contributed by atoms with E-state index in [1.165, 1.54) is 4.88 Å². The lowest BCUT2D eigenvalue weighted by molar-refractivity contribution is 0.0931. The number of nitrogens with zero attached hydrogens (tertiary/aromatic N) is 2. The molecule has 0 saturated carbocycles. The number of carbonyl (C=O) groups excluding carboxylic acids is 1. The van der Waals surface area contributed by atoms with Crippen LogP contribution < -0.4 is 10.2 Å². The minimum absolute atomic E-state index is 0.0365. The molecule has 2 N–H and O–H groups in total. The van der Waals surface area contributed by atoms with Crippen LogP contribution in [0.4, 0.5) is 5.82 Å². The third-order valence-corrected chi connectivity index (χ3v) is 5.87. The Morgan fingerprint density at radius 3 is 2.88 bits per heavy atom. The third kappa shape index (κ3) is 3.22. The molecule has 7 heteroatoms. The average molecular weight is 358 g/mol. The van der Waals surface area contributed by atoms with Gasteiger partial charge in [0.15, 0.2) is 5.82 Å². The van der Waals surface area contributed by atoms with Gasteiger partial charge < -0.3 is 10.2 Å². The van der Waals surface area contributed by atoms with Crippen LogP contribution in [0, 0.1) is 0 Å². The quantitative estimate of drug-likeness (QED) is 0.749. The molecule has 1 fully saturated rings. The molecular formula is C17H18N4OS2. The number of piperidine rings is 1. The smallest absolute Gasteiger partial charge is 0.252 e. The number of aromatic nitrogens is 2. The van der Waals surface area contributed by atoms with E-state index >= 15 is 0 Å². The van der Waals surface area contributed by atoms with Crippen LogP contribution in [0.2, 0.25) is 0 Å². The minimum atomic E-state index is 0.0365. The number of thiophene rings is 2. The molecule has 1 saturated heterocycles. The number of nitrogens with one attached hydrogen (secondary N) is 2. The maximum atomic E-state index is 12.1. The molecule has 0 aliphatic carbocycles. The fourth-order valence-corrected chi connectivity index (χ4v) is 4.27. The van der Waals surface area contributed by atoms with Crippen LogP contribution in [0.1, 0.15) is 23.2 Å². The van der Waals surface area contributed by atoms with E-state index in [4.69, 9.17) is 0 Å². The fraction of sp³-hybridized carbons (Fsp3) is 0.294. The van der Waals surface area contributed by atoms with Gasteiger partial charge in [0.2, 0.25) is 0 Å². The van der Waals surface area contributed by atoms with Crippen molar-refractivity contribution >= 4 is 34.4 Å². The van der Waals surface area contributed by atoms with Gasteiger partial charge in [0.25, 0.3) is 5.91 Å². The summed E-state index contributed by atoms with van der Waals surface area (Å²) in [7, 11) is 0. The van der Waals surface area contributed by atoms with Crippen molar-refractivity contribution in [2.45, 2.75) is 18.9 Å². The number of H-pyrrole nitrogens is 1. The number of aromatic amines is 1. The Hall–Kier alpha value is -2.12. The molecule has 5 nitrogen and oxygen atoms in total. The van der Waals surface area contributed by atoms with E-state index in [-0.39, 0.29) is 11.9 Å². The van der Waals surface area contributed by atoms with Gasteiger partial charge in [-0.3, -0.25) is 9.89 Å². The van der Waals surface area contributed by atoms with Gasteiger partial charge in [-0.25, -0.2) is 0 Å². The molecule has 0 aromatic carbocycles. The number of hydrogen-bond acceptors (Lipinski definition) is 5. The standard InChI is InChI=1S/C17H18N4OS2/c22-17(12-5-9-23-11-12)18-13-3-6-21(7-4-13)16-10-14(19-20-16)15-2-1-8-24-15/h1-2,5,8-11,13H,3-4,6-7H2,(H,18,22)(H,19,20). The number of rotatable bonds is 4. The first-order chi connectivity index (χ1) is 11.8. The second-order valence-electron chi connectivity index (χ2n) is 5.86. The summed E-state index contributed by atoms with van der Waals surface area (Å²) in [5.74, 6) is 1.02. The molecule has 124 valence electrons. The van der Waals surface area contributed by atoms with Crippen LogP contribution in [-0.4, -0.2) is 35.2 Å². The fourth-order valence-electron chi connectivity index (χ4n) is 2.95. The van der Waals surface area contributed by atoms with E-state index in [0.29, 0.717) is 0 Å². The maximum Gasteiger partial charge on any atom is 0.252 e. The van der Waals surface area contributed by atoms with Crippen molar-refractivity contribution in [2.24, 2.45) is 0 Å². The first-order valence-corrected chi connectivity index (χ1v) is 9.79.